The van der Waals surface area contributed by atoms with E-state index in [4.69, 9.17) is 5.73 Å². The summed E-state index contributed by atoms with van der Waals surface area (Å²) in [5.41, 5.74) is 5.59. The van der Waals surface area contributed by atoms with Crippen molar-refractivity contribution in [1.82, 2.24) is 5.32 Å². The predicted octanol–water partition coefficient (Wildman–Crippen LogP) is 1.83. The van der Waals surface area contributed by atoms with Crippen LogP contribution in [0.25, 0.3) is 0 Å². The van der Waals surface area contributed by atoms with Gasteiger partial charge < -0.3 is 11.1 Å². The highest BCUT2D eigenvalue weighted by Gasteiger charge is 2.13. The van der Waals surface area contributed by atoms with Crippen LogP contribution >= 0.6 is 0 Å². The molecule has 0 saturated carbocycles. The number of nitrogens with two attached hydrogens (primary N) is 1. The molecular formula is C12H18F2N2. The number of rotatable bonds is 5. The van der Waals surface area contributed by atoms with Gasteiger partial charge in [-0.2, -0.15) is 0 Å². The van der Waals surface area contributed by atoms with Gasteiger partial charge >= 0.3 is 0 Å². The van der Waals surface area contributed by atoms with Crippen molar-refractivity contribution >= 4 is 0 Å². The molecule has 0 aromatic heterocycles. The van der Waals surface area contributed by atoms with Crippen molar-refractivity contribution < 1.29 is 8.78 Å². The monoisotopic (exact) mass is 228 g/mol. The Morgan fingerprint density at radius 1 is 1.19 bits per heavy atom. The van der Waals surface area contributed by atoms with Crippen molar-refractivity contribution in [2.45, 2.75) is 32.4 Å². The van der Waals surface area contributed by atoms with E-state index in [2.05, 4.69) is 5.32 Å². The minimum atomic E-state index is -0.492. The zero-order valence-corrected chi connectivity index (χ0v) is 9.63. The van der Waals surface area contributed by atoms with Gasteiger partial charge in [-0.05, 0) is 32.4 Å². The van der Waals surface area contributed by atoms with E-state index in [-0.39, 0.29) is 17.6 Å². The van der Waals surface area contributed by atoms with E-state index >= 15 is 0 Å². The second kappa shape index (κ2) is 5.92. The molecule has 0 saturated heterocycles. The van der Waals surface area contributed by atoms with Gasteiger partial charge in [0.25, 0.3) is 0 Å². The first-order chi connectivity index (χ1) is 7.54. The van der Waals surface area contributed by atoms with E-state index < -0.39 is 11.6 Å². The summed E-state index contributed by atoms with van der Waals surface area (Å²) in [6, 6.07) is 4.05. The number of hydrogen-bond acceptors (Lipinski definition) is 2. The van der Waals surface area contributed by atoms with Crippen LogP contribution in [0.2, 0.25) is 0 Å². The smallest absolute Gasteiger partial charge is 0.129 e. The molecule has 0 aliphatic rings. The first-order valence-electron chi connectivity index (χ1n) is 5.43. The molecule has 1 aromatic rings. The molecule has 1 rings (SSSR count). The van der Waals surface area contributed by atoms with Crippen molar-refractivity contribution in [1.29, 1.82) is 0 Å². The minimum Gasteiger partial charge on any atom is -0.329 e. The lowest BCUT2D eigenvalue weighted by atomic mass is 10.1. The molecule has 0 radical (unpaired) electrons. The molecule has 16 heavy (non-hydrogen) atoms. The van der Waals surface area contributed by atoms with Gasteiger partial charge in [0.15, 0.2) is 0 Å². The summed E-state index contributed by atoms with van der Waals surface area (Å²) in [6.45, 7) is 4.33. The maximum absolute atomic E-state index is 13.3. The summed E-state index contributed by atoms with van der Waals surface area (Å²) in [4.78, 5) is 0. The van der Waals surface area contributed by atoms with Crippen molar-refractivity contribution in [3.8, 4) is 0 Å². The summed E-state index contributed by atoms with van der Waals surface area (Å²) >= 11 is 0. The normalized spacial score (nSPS) is 14.8. The Kier molecular flexibility index (Phi) is 4.83. The average molecular weight is 228 g/mol. The molecule has 0 heterocycles. The first kappa shape index (κ1) is 13.1. The predicted molar refractivity (Wildman–Crippen MR) is 61.2 cm³/mol. The second-order valence-electron chi connectivity index (χ2n) is 4.11. The summed E-state index contributed by atoms with van der Waals surface area (Å²) in [5.74, 6) is -0.983. The summed E-state index contributed by atoms with van der Waals surface area (Å²) in [5, 5.41) is 3.17. The molecule has 4 heteroatoms. The highest BCUT2D eigenvalue weighted by molar-refractivity contribution is 5.20. The molecule has 2 nitrogen and oxygen atoms in total. The fourth-order valence-corrected chi connectivity index (χ4v) is 1.65. The summed E-state index contributed by atoms with van der Waals surface area (Å²) in [7, 11) is 0. The Morgan fingerprint density at radius 3 is 2.25 bits per heavy atom. The fourth-order valence-electron chi connectivity index (χ4n) is 1.65. The first-order valence-corrected chi connectivity index (χ1v) is 5.43. The lowest BCUT2D eigenvalue weighted by molar-refractivity contribution is 0.452. The standard InChI is InChI=1S/C12H18F2N2/c1-8(16-9(2)7-15)6-10-11(13)4-3-5-12(10)14/h3-5,8-9,16H,6-7,15H2,1-2H3. The number of nitrogens with one attached hydrogen (secondary N) is 1. The van der Waals surface area contributed by atoms with Crippen LogP contribution < -0.4 is 11.1 Å². The van der Waals surface area contributed by atoms with Gasteiger partial charge in [0.2, 0.25) is 0 Å². The van der Waals surface area contributed by atoms with Crippen molar-refractivity contribution in [3.05, 3.63) is 35.4 Å². The van der Waals surface area contributed by atoms with Crippen molar-refractivity contribution in [2.24, 2.45) is 5.73 Å². The topological polar surface area (TPSA) is 38.0 Å². The van der Waals surface area contributed by atoms with Gasteiger partial charge in [-0.25, -0.2) is 8.78 Å². The molecule has 90 valence electrons. The Bertz CT molecular complexity index is 322. The van der Waals surface area contributed by atoms with Crippen LogP contribution in [0.4, 0.5) is 8.78 Å². The Morgan fingerprint density at radius 2 is 1.75 bits per heavy atom. The highest BCUT2D eigenvalue weighted by Crippen LogP contribution is 2.14. The molecule has 1 aromatic carbocycles. The van der Waals surface area contributed by atoms with Crippen LogP contribution in [0.15, 0.2) is 18.2 Å². The van der Waals surface area contributed by atoms with Gasteiger partial charge in [-0.1, -0.05) is 6.07 Å². The van der Waals surface area contributed by atoms with E-state index in [1.807, 2.05) is 13.8 Å². The average Bonchev–Trinajstić information content (AvgIpc) is 2.23. The van der Waals surface area contributed by atoms with Gasteiger partial charge in [0.05, 0.1) is 0 Å². The zero-order chi connectivity index (χ0) is 12.1. The van der Waals surface area contributed by atoms with Crippen LogP contribution in [0.5, 0.6) is 0 Å². The lowest BCUT2D eigenvalue weighted by Gasteiger charge is -2.19. The molecule has 2 unspecified atom stereocenters. The van der Waals surface area contributed by atoms with Gasteiger partial charge in [-0.3, -0.25) is 0 Å². The van der Waals surface area contributed by atoms with Gasteiger partial charge in [0, 0.05) is 24.2 Å². The summed E-state index contributed by atoms with van der Waals surface area (Å²) < 4.78 is 26.7. The molecule has 0 fully saturated rings. The molecule has 3 N–H and O–H groups in total. The Labute approximate surface area is 94.8 Å². The third-order valence-electron chi connectivity index (χ3n) is 2.49. The Hall–Kier alpha value is -1.00. The number of benzene rings is 1. The number of hydrogen-bond donors (Lipinski definition) is 2. The van der Waals surface area contributed by atoms with E-state index in [1.165, 1.54) is 18.2 Å². The maximum Gasteiger partial charge on any atom is 0.129 e. The zero-order valence-electron chi connectivity index (χ0n) is 9.63. The van der Waals surface area contributed by atoms with Gasteiger partial charge in [-0.15, -0.1) is 0 Å². The van der Waals surface area contributed by atoms with Crippen molar-refractivity contribution in [3.63, 3.8) is 0 Å². The van der Waals surface area contributed by atoms with Crippen LogP contribution in [0.1, 0.15) is 19.4 Å². The molecule has 0 amide bonds. The lowest BCUT2D eigenvalue weighted by Crippen LogP contribution is -2.40. The SMILES string of the molecule is CC(CN)NC(C)Cc1c(F)cccc1F. The fraction of sp³-hybridized carbons (Fsp3) is 0.500. The molecule has 0 aliphatic heterocycles. The van der Waals surface area contributed by atoms with Crippen LogP contribution in [-0.2, 0) is 6.42 Å². The molecular weight excluding hydrogens is 210 g/mol. The van der Waals surface area contributed by atoms with E-state index in [9.17, 15) is 8.78 Å². The largest absolute Gasteiger partial charge is 0.329 e. The summed E-state index contributed by atoms with van der Waals surface area (Å²) in [6.07, 6.45) is 0.322. The second-order valence-corrected chi connectivity index (χ2v) is 4.11. The number of halogens is 2. The van der Waals surface area contributed by atoms with Crippen molar-refractivity contribution in [2.75, 3.05) is 6.54 Å². The molecule has 0 bridgehead atoms. The third-order valence-corrected chi connectivity index (χ3v) is 2.49. The molecule has 0 aliphatic carbocycles. The maximum atomic E-state index is 13.3. The third kappa shape index (κ3) is 3.54. The molecule has 2 atom stereocenters. The molecule has 0 spiro atoms. The highest BCUT2D eigenvalue weighted by atomic mass is 19.1. The van der Waals surface area contributed by atoms with Gasteiger partial charge in [0.1, 0.15) is 11.6 Å². The Balaban J connectivity index is 2.66. The van der Waals surface area contributed by atoms with E-state index in [0.29, 0.717) is 13.0 Å². The van der Waals surface area contributed by atoms with Crippen LogP contribution in [0.3, 0.4) is 0 Å². The van der Waals surface area contributed by atoms with E-state index in [1.54, 1.807) is 0 Å². The van der Waals surface area contributed by atoms with Crippen LogP contribution in [0, 0.1) is 11.6 Å². The van der Waals surface area contributed by atoms with E-state index in [0.717, 1.165) is 0 Å². The van der Waals surface area contributed by atoms with Crippen LogP contribution in [-0.4, -0.2) is 18.6 Å². The quantitative estimate of drug-likeness (QED) is 0.807. The minimum absolute atomic E-state index is 0.00931.